The summed E-state index contributed by atoms with van der Waals surface area (Å²) >= 11 is 1.45. The van der Waals surface area contributed by atoms with E-state index in [4.69, 9.17) is 4.74 Å². The zero-order valence-corrected chi connectivity index (χ0v) is 17.6. The average molecular weight is 413 g/mol. The molecule has 0 aliphatic carbocycles. The molecular formula is C21H23N3O4S. The van der Waals surface area contributed by atoms with Gasteiger partial charge in [0.1, 0.15) is 11.4 Å². The highest BCUT2D eigenvalue weighted by molar-refractivity contribution is 7.18. The van der Waals surface area contributed by atoms with E-state index in [1.165, 1.54) is 29.2 Å². The van der Waals surface area contributed by atoms with Crippen LogP contribution in [0.3, 0.4) is 0 Å². The standard InChI is InChI=1S/C21H23N3O4S/c1-12-5-7-16(8-6-12)9-22-19(26)14(3)28-17(25)10-24-11-23-20-18(21(24)27)13(2)15(4)29-20/h5-8,11,14H,9-10H2,1-4H3,(H,22,26)/t14-/m0/s1. The van der Waals surface area contributed by atoms with Crippen LogP contribution >= 0.6 is 11.3 Å². The number of rotatable bonds is 6. The number of hydrogen-bond donors (Lipinski definition) is 1. The number of benzene rings is 1. The predicted octanol–water partition coefficient (Wildman–Crippen LogP) is 2.63. The van der Waals surface area contributed by atoms with Crippen LogP contribution in [0.25, 0.3) is 10.2 Å². The Morgan fingerprint density at radius 2 is 1.90 bits per heavy atom. The van der Waals surface area contributed by atoms with Gasteiger partial charge in [-0.05, 0) is 38.8 Å². The molecule has 2 aromatic heterocycles. The van der Waals surface area contributed by atoms with E-state index >= 15 is 0 Å². The number of aromatic nitrogens is 2. The van der Waals surface area contributed by atoms with Gasteiger partial charge in [-0.3, -0.25) is 19.0 Å². The Labute approximate surface area is 172 Å². The molecule has 152 valence electrons. The molecule has 0 unspecified atom stereocenters. The molecule has 2 heterocycles. The average Bonchev–Trinajstić information content (AvgIpc) is 2.98. The molecule has 29 heavy (non-hydrogen) atoms. The number of thiophene rings is 1. The summed E-state index contributed by atoms with van der Waals surface area (Å²) in [7, 11) is 0. The Kier molecular flexibility index (Phi) is 6.12. The predicted molar refractivity (Wildman–Crippen MR) is 112 cm³/mol. The first-order valence-electron chi connectivity index (χ1n) is 9.24. The van der Waals surface area contributed by atoms with Crippen LogP contribution in [0, 0.1) is 20.8 Å². The normalized spacial score (nSPS) is 12.0. The fraction of sp³-hybridized carbons (Fsp3) is 0.333. The molecule has 0 aliphatic heterocycles. The van der Waals surface area contributed by atoms with E-state index in [0.29, 0.717) is 16.8 Å². The second-order valence-electron chi connectivity index (χ2n) is 6.98. The minimum Gasteiger partial charge on any atom is -0.451 e. The summed E-state index contributed by atoms with van der Waals surface area (Å²) in [4.78, 5) is 43.0. The summed E-state index contributed by atoms with van der Waals surface area (Å²) in [6.07, 6.45) is 0.370. The van der Waals surface area contributed by atoms with E-state index < -0.39 is 18.0 Å². The van der Waals surface area contributed by atoms with Gasteiger partial charge in [0.2, 0.25) is 0 Å². The third-order valence-electron chi connectivity index (χ3n) is 4.72. The highest BCUT2D eigenvalue weighted by Gasteiger charge is 2.19. The summed E-state index contributed by atoms with van der Waals surface area (Å²) in [5.74, 6) is -1.07. The SMILES string of the molecule is Cc1ccc(CNC(=O)[C@H](C)OC(=O)Cn2cnc3sc(C)c(C)c3c2=O)cc1. The van der Waals surface area contributed by atoms with Crippen molar-refractivity contribution in [3.05, 3.63) is 62.5 Å². The van der Waals surface area contributed by atoms with Gasteiger partial charge in [-0.1, -0.05) is 29.8 Å². The third-order valence-corrected chi connectivity index (χ3v) is 5.84. The summed E-state index contributed by atoms with van der Waals surface area (Å²) in [6, 6.07) is 7.78. The second kappa shape index (κ2) is 8.57. The third kappa shape index (κ3) is 4.71. The molecule has 8 heteroatoms. The highest BCUT2D eigenvalue weighted by atomic mass is 32.1. The van der Waals surface area contributed by atoms with Gasteiger partial charge in [0, 0.05) is 11.4 Å². The zero-order chi connectivity index (χ0) is 21.1. The number of nitrogens with zero attached hydrogens (tertiary/aromatic N) is 2. The Morgan fingerprint density at radius 3 is 2.59 bits per heavy atom. The number of hydrogen-bond acceptors (Lipinski definition) is 6. The molecule has 1 N–H and O–H groups in total. The van der Waals surface area contributed by atoms with E-state index in [2.05, 4.69) is 10.3 Å². The Hall–Kier alpha value is -3.00. The number of esters is 1. The lowest BCUT2D eigenvalue weighted by Gasteiger charge is -2.14. The van der Waals surface area contributed by atoms with Crippen molar-refractivity contribution in [3.8, 4) is 0 Å². The van der Waals surface area contributed by atoms with Crippen molar-refractivity contribution in [2.24, 2.45) is 0 Å². The van der Waals surface area contributed by atoms with Crippen LogP contribution in [0.15, 0.2) is 35.4 Å². The first kappa shape index (κ1) is 20.7. The molecule has 0 aliphatic rings. The minimum absolute atomic E-state index is 0.287. The smallest absolute Gasteiger partial charge is 0.326 e. The van der Waals surface area contributed by atoms with Crippen LogP contribution in [-0.2, 0) is 27.4 Å². The fourth-order valence-electron chi connectivity index (χ4n) is 2.85. The monoisotopic (exact) mass is 413 g/mol. The van der Waals surface area contributed by atoms with Gasteiger partial charge in [0.25, 0.3) is 11.5 Å². The van der Waals surface area contributed by atoms with Gasteiger partial charge in [0.05, 0.1) is 11.7 Å². The van der Waals surface area contributed by atoms with Crippen molar-refractivity contribution >= 4 is 33.4 Å². The van der Waals surface area contributed by atoms with Gasteiger partial charge in [-0.25, -0.2) is 4.98 Å². The molecule has 0 spiro atoms. The van der Waals surface area contributed by atoms with Crippen LogP contribution in [-0.4, -0.2) is 27.5 Å². The largest absolute Gasteiger partial charge is 0.451 e. The summed E-state index contributed by atoms with van der Waals surface area (Å²) < 4.78 is 6.40. The number of carbonyl (C=O) groups is 2. The maximum absolute atomic E-state index is 12.6. The first-order valence-corrected chi connectivity index (χ1v) is 10.1. The van der Waals surface area contributed by atoms with Crippen LogP contribution in [0.1, 0.15) is 28.5 Å². The Bertz CT molecular complexity index is 1120. The van der Waals surface area contributed by atoms with Gasteiger partial charge in [-0.15, -0.1) is 11.3 Å². The van der Waals surface area contributed by atoms with Crippen LogP contribution < -0.4 is 10.9 Å². The molecule has 0 fully saturated rings. The van der Waals surface area contributed by atoms with Crippen LogP contribution in [0.2, 0.25) is 0 Å². The number of amides is 1. The highest BCUT2D eigenvalue weighted by Crippen LogP contribution is 2.25. The maximum Gasteiger partial charge on any atom is 0.326 e. The molecule has 0 bridgehead atoms. The maximum atomic E-state index is 12.6. The molecular weight excluding hydrogens is 390 g/mol. The van der Waals surface area contributed by atoms with Crippen molar-refractivity contribution in [3.63, 3.8) is 0 Å². The second-order valence-corrected chi connectivity index (χ2v) is 8.18. The van der Waals surface area contributed by atoms with E-state index in [9.17, 15) is 14.4 Å². The Balaban J connectivity index is 1.59. The molecule has 0 radical (unpaired) electrons. The zero-order valence-electron chi connectivity index (χ0n) is 16.8. The lowest BCUT2D eigenvalue weighted by Crippen LogP contribution is -2.37. The van der Waals surface area contributed by atoms with E-state index in [1.54, 1.807) is 0 Å². The molecule has 1 amide bonds. The van der Waals surface area contributed by atoms with E-state index in [0.717, 1.165) is 21.6 Å². The number of carbonyl (C=O) groups excluding carboxylic acids is 2. The van der Waals surface area contributed by atoms with Crippen molar-refractivity contribution in [1.29, 1.82) is 0 Å². The topological polar surface area (TPSA) is 90.3 Å². The van der Waals surface area contributed by atoms with Crippen molar-refractivity contribution in [2.45, 2.75) is 46.9 Å². The first-order chi connectivity index (χ1) is 13.8. The minimum atomic E-state index is -0.967. The molecule has 3 aromatic rings. The molecule has 1 aromatic carbocycles. The fourth-order valence-corrected chi connectivity index (χ4v) is 3.84. The molecule has 0 saturated carbocycles. The lowest BCUT2D eigenvalue weighted by atomic mass is 10.1. The summed E-state index contributed by atoms with van der Waals surface area (Å²) in [5, 5.41) is 3.26. The van der Waals surface area contributed by atoms with Gasteiger partial charge in [-0.2, -0.15) is 0 Å². The van der Waals surface area contributed by atoms with Crippen molar-refractivity contribution in [1.82, 2.24) is 14.9 Å². The summed E-state index contributed by atoms with van der Waals surface area (Å²) in [5.41, 5.74) is 2.67. The molecule has 3 rings (SSSR count). The van der Waals surface area contributed by atoms with Gasteiger partial charge < -0.3 is 10.1 Å². The number of ether oxygens (including phenoxy) is 1. The molecule has 0 saturated heterocycles. The quantitative estimate of drug-likeness (QED) is 0.628. The van der Waals surface area contributed by atoms with Gasteiger partial charge in [0.15, 0.2) is 6.10 Å². The van der Waals surface area contributed by atoms with Crippen LogP contribution in [0.4, 0.5) is 0 Å². The lowest BCUT2D eigenvalue weighted by molar-refractivity contribution is -0.155. The molecule has 7 nitrogen and oxygen atoms in total. The summed E-state index contributed by atoms with van der Waals surface area (Å²) in [6.45, 7) is 7.32. The van der Waals surface area contributed by atoms with Crippen molar-refractivity contribution < 1.29 is 14.3 Å². The van der Waals surface area contributed by atoms with E-state index in [1.807, 2.05) is 45.0 Å². The number of nitrogens with one attached hydrogen (secondary N) is 1. The Morgan fingerprint density at radius 1 is 1.21 bits per heavy atom. The molecule has 1 atom stereocenters. The number of fused-ring (bicyclic) bond motifs is 1. The number of aryl methyl sites for hydroxylation is 3. The van der Waals surface area contributed by atoms with Gasteiger partial charge >= 0.3 is 5.97 Å². The van der Waals surface area contributed by atoms with Crippen LogP contribution in [0.5, 0.6) is 0 Å². The van der Waals surface area contributed by atoms with Crippen molar-refractivity contribution in [2.75, 3.05) is 0 Å². The van der Waals surface area contributed by atoms with E-state index in [-0.39, 0.29) is 12.1 Å².